The summed E-state index contributed by atoms with van der Waals surface area (Å²) in [6, 6.07) is 8.70. The molecule has 0 aliphatic heterocycles. The van der Waals surface area contributed by atoms with Crippen molar-refractivity contribution in [3.63, 3.8) is 0 Å². The molecule has 1 aliphatic rings. The van der Waals surface area contributed by atoms with Gasteiger partial charge in [-0.1, -0.05) is 19.1 Å². The summed E-state index contributed by atoms with van der Waals surface area (Å²) >= 11 is 0. The lowest BCUT2D eigenvalue weighted by molar-refractivity contribution is 0.329. The van der Waals surface area contributed by atoms with Crippen LogP contribution in [0.25, 0.3) is 11.0 Å². The minimum atomic E-state index is 0.560. The molecular formula is C19H29N5. The van der Waals surface area contributed by atoms with Gasteiger partial charge in [0.15, 0.2) is 5.96 Å². The second-order valence-electron chi connectivity index (χ2n) is 6.81. The number of nitrogens with one attached hydrogen (secondary N) is 3. The molecule has 0 unspecified atom stereocenters. The summed E-state index contributed by atoms with van der Waals surface area (Å²) in [4.78, 5) is 12.7. The fraction of sp³-hybridized carbons (Fsp3) is 0.579. The summed E-state index contributed by atoms with van der Waals surface area (Å²) in [5.74, 6) is 2.81. The van der Waals surface area contributed by atoms with E-state index in [4.69, 9.17) is 4.99 Å². The summed E-state index contributed by atoms with van der Waals surface area (Å²) in [6.07, 6.45) is 5.95. The van der Waals surface area contributed by atoms with Crippen LogP contribution in [0.3, 0.4) is 0 Å². The molecular weight excluding hydrogens is 298 g/mol. The number of guanidine groups is 1. The molecule has 0 saturated heterocycles. The zero-order valence-electron chi connectivity index (χ0n) is 14.8. The Morgan fingerprint density at radius 3 is 2.79 bits per heavy atom. The molecule has 0 spiro atoms. The van der Waals surface area contributed by atoms with Crippen LogP contribution >= 0.6 is 0 Å². The highest BCUT2D eigenvalue weighted by Crippen LogP contribution is 2.23. The lowest BCUT2D eigenvalue weighted by atomic mass is 9.87. The average molecular weight is 327 g/mol. The minimum absolute atomic E-state index is 0.560. The molecule has 5 heteroatoms. The molecule has 0 atom stereocenters. The van der Waals surface area contributed by atoms with Gasteiger partial charge in [0.2, 0.25) is 0 Å². The Balaban J connectivity index is 1.55. The molecule has 1 aromatic heterocycles. The molecule has 24 heavy (non-hydrogen) atoms. The van der Waals surface area contributed by atoms with E-state index in [1.54, 1.807) is 0 Å². The standard InChI is InChI=1S/C19H29N5/c1-3-20-19(22-15-10-8-14(2)9-11-15)21-13-12-18-23-16-6-4-5-7-17(16)24-18/h4-7,14-15H,3,8-13H2,1-2H3,(H,23,24)(H2,20,21,22). The normalized spacial score (nSPS) is 21.8. The summed E-state index contributed by atoms with van der Waals surface area (Å²) in [7, 11) is 0. The van der Waals surface area contributed by atoms with Crippen molar-refractivity contribution < 1.29 is 0 Å². The maximum Gasteiger partial charge on any atom is 0.191 e. The van der Waals surface area contributed by atoms with Crippen molar-refractivity contribution in [2.75, 3.05) is 13.1 Å². The number of aromatic amines is 1. The highest BCUT2D eigenvalue weighted by molar-refractivity contribution is 5.80. The van der Waals surface area contributed by atoms with Gasteiger partial charge in [-0.2, -0.15) is 0 Å². The topological polar surface area (TPSA) is 65.1 Å². The Hall–Kier alpha value is -2.04. The van der Waals surface area contributed by atoms with Crippen LogP contribution in [0.1, 0.15) is 45.4 Å². The SMILES string of the molecule is CCNC(=NCCc1nc2ccccc2[nH]1)NC1CCC(C)CC1. The van der Waals surface area contributed by atoms with Crippen LogP contribution in [-0.4, -0.2) is 35.1 Å². The van der Waals surface area contributed by atoms with Crippen molar-refractivity contribution in [1.29, 1.82) is 0 Å². The van der Waals surface area contributed by atoms with Crippen molar-refractivity contribution in [2.45, 2.75) is 52.0 Å². The molecule has 0 radical (unpaired) electrons. The second kappa shape index (κ2) is 8.18. The molecule has 1 fully saturated rings. The molecule has 130 valence electrons. The van der Waals surface area contributed by atoms with Gasteiger partial charge in [0.1, 0.15) is 5.82 Å². The van der Waals surface area contributed by atoms with Crippen LogP contribution in [0.15, 0.2) is 29.3 Å². The molecule has 3 rings (SSSR count). The zero-order valence-corrected chi connectivity index (χ0v) is 14.8. The minimum Gasteiger partial charge on any atom is -0.357 e. The van der Waals surface area contributed by atoms with E-state index < -0.39 is 0 Å². The first-order valence-corrected chi connectivity index (χ1v) is 9.23. The van der Waals surface area contributed by atoms with Crippen LogP contribution in [0.4, 0.5) is 0 Å². The Morgan fingerprint density at radius 1 is 1.25 bits per heavy atom. The first kappa shape index (κ1) is 16.8. The van der Waals surface area contributed by atoms with Crippen molar-refractivity contribution >= 4 is 17.0 Å². The first-order chi connectivity index (χ1) is 11.7. The third-order valence-electron chi connectivity index (χ3n) is 4.76. The van der Waals surface area contributed by atoms with E-state index in [9.17, 15) is 0 Å². The number of nitrogens with zero attached hydrogens (tertiary/aromatic N) is 2. The molecule has 1 aromatic carbocycles. The number of H-pyrrole nitrogens is 1. The van der Waals surface area contributed by atoms with Gasteiger partial charge in [-0.15, -0.1) is 0 Å². The van der Waals surface area contributed by atoms with Gasteiger partial charge < -0.3 is 15.6 Å². The van der Waals surface area contributed by atoms with Crippen LogP contribution < -0.4 is 10.6 Å². The largest absolute Gasteiger partial charge is 0.357 e. The molecule has 3 N–H and O–H groups in total. The van der Waals surface area contributed by atoms with Crippen molar-refractivity contribution in [3.05, 3.63) is 30.1 Å². The molecule has 2 aromatic rings. The van der Waals surface area contributed by atoms with Crippen LogP contribution in [0.2, 0.25) is 0 Å². The smallest absolute Gasteiger partial charge is 0.191 e. The van der Waals surface area contributed by atoms with Gasteiger partial charge in [0.25, 0.3) is 0 Å². The van der Waals surface area contributed by atoms with Crippen molar-refractivity contribution in [2.24, 2.45) is 10.9 Å². The highest BCUT2D eigenvalue weighted by Gasteiger charge is 2.18. The number of rotatable bonds is 5. The molecule has 1 heterocycles. The number of hydrogen-bond donors (Lipinski definition) is 3. The Kier molecular flexibility index (Phi) is 5.72. The van der Waals surface area contributed by atoms with Crippen molar-refractivity contribution in [1.82, 2.24) is 20.6 Å². The molecule has 1 saturated carbocycles. The zero-order chi connectivity index (χ0) is 16.8. The number of para-hydroxylation sites is 2. The quantitative estimate of drug-likeness (QED) is 0.583. The van der Waals surface area contributed by atoms with Gasteiger partial charge >= 0.3 is 0 Å². The maximum atomic E-state index is 4.73. The van der Waals surface area contributed by atoms with Crippen LogP contribution in [-0.2, 0) is 6.42 Å². The molecule has 0 bridgehead atoms. The summed E-state index contributed by atoms with van der Waals surface area (Å²) in [6.45, 7) is 6.08. The summed E-state index contributed by atoms with van der Waals surface area (Å²) < 4.78 is 0. The van der Waals surface area contributed by atoms with Crippen LogP contribution in [0.5, 0.6) is 0 Å². The van der Waals surface area contributed by atoms with Gasteiger partial charge in [0, 0.05) is 25.6 Å². The van der Waals surface area contributed by atoms with Gasteiger partial charge in [0.05, 0.1) is 11.0 Å². The highest BCUT2D eigenvalue weighted by atomic mass is 15.2. The first-order valence-electron chi connectivity index (χ1n) is 9.23. The lowest BCUT2D eigenvalue weighted by Crippen LogP contribution is -2.44. The van der Waals surface area contributed by atoms with E-state index in [-0.39, 0.29) is 0 Å². The molecule has 0 amide bonds. The number of aromatic nitrogens is 2. The fourth-order valence-corrected chi connectivity index (χ4v) is 3.32. The predicted molar refractivity (Wildman–Crippen MR) is 100 cm³/mol. The number of aliphatic imine (C=N–C) groups is 1. The number of imidazole rings is 1. The average Bonchev–Trinajstić information content (AvgIpc) is 3.00. The van der Waals surface area contributed by atoms with E-state index >= 15 is 0 Å². The van der Waals surface area contributed by atoms with Gasteiger partial charge in [-0.25, -0.2) is 4.98 Å². The third-order valence-corrected chi connectivity index (χ3v) is 4.76. The second-order valence-corrected chi connectivity index (χ2v) is 6.81. The van der Waals surface area contributed by atoms with E-state index in [2.05, 4.69) is 40.5 Å². The summed E-state index contributed by atoms with van der Waals surface area (Å²) in [5.41, 5.74) is 2.12. The van der Waals surface area contributed by atoms with Crippen LogP contribution in [0, 0.1) is 5.92 Å². The molecule has 1 aliphatic carbocycles. The van der Waals surface area contributed by atoms with Crippen molar-refractivity contribution in [3.8, 4) is 0 Å². The predicted octanol–water partition coefficient (Wildman–Crippen LogP) is 3.24. The van der Waals surface area contributed by atoms with E-state index in [1.165, 1.54) is 25.7 Å². The monoisotopic (exact) mass is 327 g/mol. The third kappa shape index (κ3) is 4.49. The number of hydrogen-bond acceptors (Lipinski definition) is 2. The Bertz CT molecular complexity index is 634. The number of benzene rings is 1. The lowest BCUT2D eigenvalue weighted by Gasteiger charge is -2.28. The number of fused-ring (bicyclic) bond motifs is 1. The van der Waals surface area contributed by atoms with E-state index in [0.29, 0.717) is 6.04 Å². The van der Waals surface area contributed by atoms with Gasteiger partial charge in [-0.3, -0.25) is 4.99 Å². The maximum absolute atomic E-state index is 4.73. The fourth-order valence-electron chi connectivity index (χ4n) is 3.32. The Morgan fingerprint density at radius 2 is 2.04 bits per heavy atom. The van der Waals surface area contributed by atoms with E-state index in [0.717, 1.165) is 48.2 Å². The summed E-state index contributed by atoms with van der Waals surface area (Å²) in [5, 5.41) is 6.96. The van der Waals surface area contributed by atoms with Gasteiger partial charge in [-0.05, 0) is 50.7 Å². The molecule has 5 nitrogen and oxygen atoms in total. The Labute approximate surface area is 144 Å². The van der Waals surface area contributed by atoms with E-state index in [1.807, 2.05) is 18.2 Å².